The van der Waals surface area contributed by atoms with Crippen LogP contribution in [-0.4, -0.2) is 41.1 Å². The van der Waals surface area contributed by atoms with Gasteiger partial charge in [-0.15, -0.1) is 0 Å². The van der Waals surface area contributed by atoms with Crippen molar-refractivity contribution in [1.29, 1.82) is 0 Å². The van der Waals surface area contributed by atoms with Crippen molar-refractivity contribution in [2.24, 2.45) is 17.8 Å². The van der Waals surface area contributed by atoms with Crippen LogP contribution in [0.25, 0.3) is 0 Å². The van der Waals surface area contributed by atoms with Gasteiger partial charge in [0, 0.05) is 19.1 Å². The van der Waals surface area contributed by atoms with Gasteiger partial charge in [-0.2, -0.15) is 0 Å². The van der Waals surface area contributed by atoms with E-state index in [-0.39, 0.29) is 18.0 Å². The van der Waals surface area contributed by atoms with E-state index >= 15 is 0 Å². The molecule has 104 valence electrons. The first-order chi connectivity index (χ1) is 8.36. The van der Waals surface area contributed by atoms with E-state index in [0.717, 1.165) is 6.42 Å². The minimum Gasteiger partial charge on any atom is -0.481 e. The quantitative estimate of drug-likeness (QED) is 0.805. The highest BCUT2D eigenvalue weighted by Gasteiger charge is 2.37. The van der Waals surface area contributed by atoms with E-state index in [1.807, 2.05) is 13.8 Å². The molecule has 1 aliphatic heterocycles. The van der Waals surface area contributed by atoms with Crippen LogP contribution in [0.2, 0.25) is 0 Å². The van der Waals surface area contributed by atoms with Gasteiger partial charge < -0.3 is 15.3 Å². The van der Waals surface area contributed by atoms with Crippen molar-refractivity contribution in [1.82, 2.24) is 10.2 Å². The summed E-state index contributed by atoms with van der Waals surface area (Å²) < 4.78 is 0. The number of carboxylic acid groups (broad SMARTS) is 1. The summed E-state index contributed by atoms with van der Waals surface area (Å²) in [6, 6.07) is 0.0165. The number of amides is 2. The Hall–Kier alpha value is -1.26. The zero-order chi connectivity index (χ0) is 13.9. The standard InChI is InChI=1S/C13H24N2O3/c1-5-11(8(2)3)14-13(18)15-6-9(4)10(7-15)12(16)17/h8-11H,5-7H2,1-4H3,(H,14,18)(H,16,17)/t9-,10-,11?/m1/s1. The van der Waals surface area contributed by atoms with Crippen molar-refractivity contribution in [3.05, 3.63) is 0 Å². The normalized spacial score (nSPS) is 25.3. The molecule has 0 aromatic carbocycles. The summed E-state index contributed by atoms with van der Waals surface area (Å²) in [5.41, 5.74) is 0. The van der Waals surface area contributed by atoms with E-state index in [0.29, 0.717) is 19.0 Å². The summed E-state index contributed by atoms with van der Waals surface area (Å²) >= 11 is 0. The molecule has 1 aliphatic rings. The van der Waals surface area contributed by atoms with E-state index in [2.05, 4.69) is 19.2 Å². The fourth-order valence-electron chi connectivity index (χ4n) is 2.44. The second-order valence-electron chi connectivity index (χ2n) is 5.54. The number of aliphatic carboxylic acids is 1. The molecule has 0 aromatic rings. The molecule has 2 amide bonds. The number of carbonyl (C=O) groups is 2. The lowest BCUT2D eigenvalue weighted by Gasteiger charge is -2.25. The van der Waals surface area contributed by atoms with Crippen LogP contribution in [0.3, 0.4) is 0 Å². The van der Waals surface area contributed by atoms with Crippen LogP contribution in [0.1, 0.15) is 34.1 Å². The van der Waals surface area contributed by atoms with Crippen molar-refractivity contribution in [2.45, 2.75) is 40.2 Å². The van der Waals surface area contributed by atoms with Gasteiger partial charge in [0.05, 0.1) is 5.92 Å². The second-order valence-corrected chi connectivity index (χ2v) is 5.54. The Bertz CT molecular complexity index is 317. The molecule has 0 bridgehead atoms. The monoisotopic (exact) mass is 256 g/mol. The predicted octanol–water partition coefficient (Wildman–Crippen LogP) is 1.78. The molecule has 1 fully saturated rings. The molecule has 5 heteroatoms. The number of nitrogens with one attached hydrogen (secondary N) is 1. The molecule has 3 atom stereocenters. The number of hydrogen-bond acceptors (Lipinski definition) is 2. The van der Waals surface area contributed by atoms with Crippen LogP contribution in [0, 0.1) is 17.8 Å². The predicted molar refractivity (Wildman–Crippen MR) is 69.3 cm³/mol. The third-order valence-corrected chi connectivity index (χ3v) is 3.77. The lowest BCUT2D eigenvalue weighted by atomic mass is 9.99. The maximum absolute atomic E-state index is 12.1. The third kappa shape index (κ3) is 3.37. The minimum atomic E-state index is -0.811. The lowest BCUT2D eigenvalue weighted by Crippen LogP contribution is -2.46. The van der Waals surface area contributed by atoms with Crippen LogP contribution in [0.15, 0.2) is 0 Å². The Morgan fingerprint density at radius 3 is 2.39 bits per heavy atom. The zero-order valence-electron chi connectivity index (χ0n) is 11.6. The molecule has 18 heavy (non-hydrogen) atoms. The Balaban J connectivity index is 2.56. The van der Waals surface area contributed by atoms with Crippen LogP contribution in [0.4, 0.5) is 4.79 Å². The smallest absolute Gasteiger partial charge is 0.317 e. The summed E-state index contributed by atoms with van der Waals surface area (Å²) in [7, 11) is 0. The summed E-state index contributed by atoms with van der Waals surface area (Å²) in [6.45, 7) is 8.90. The van der Waals surface area contributed by atoms with Gasteiger partial charge in [-0.3, -0.25) is 4.79 Å². The molecule has 0 saturated carbocycles. The number of carbonyl (C=O) groups excluding carboxylic acids is 1. The molecule has 1 heterocycles. The van der Waals surface area contributed by atoms with Crippen LogP contribution < -0.4 is 5.32 Å². The van der Waals surface area contributed by atoms with Gasteiger partial charge in [0.15, 0.2) is 0 Å². The fraction of sp³-hybridized carbons (Fsp3) is 0.846. The van der Waals surface area contributed by atoms with Crippen molar-refractivity contribution >= 4 is 12.0 Å². The zero-order valence-corrected chi connectivity index (χ0v) is 11.6. The van der Waals surface area contributed by atoms with E-state index in [1.165, 1.54) is 0 Å². The first-order valence-electron chi connectivity index (χ1n) is 6.65. The van der Waals surface area contributed by atoms with E-state index in [1.54, 1.807) is 4.90 Å². The van der Waals surface area contributed by atoms with Gasteiger partial charge >= 0.3 is 12.0 Å². The number of rotatable bonds is 4. The average molecular weight is 256 g/mol. The van der Waals surface area contributed by atoms with Gasteiger partial charge in [-0.05, 0) is 18.3 Å². The number of carboxylic acids is 1. The first-order valence-corrected chi connectivity index (χ1v) is 6.65. The maximum atomic E-state index is 12.1. The van der Waals surface area contributed by atoms with Crippen LogP contribution in [-0.2, 0) is 4.79 Å². The molecule has 1 unspecified atom stereocenters. The maximum Gasteiger partial charge on any atom is 0.317 e. The Morgan fingerprint density at radius 1 is 1.39 bits per heavy atom. The number of nitrogens with zero attached hydrogens (tertiary/aromatic N) is 1. The highest BCUT2D eigenvalue weighted by Crippen LogP contribution is 2.23. The van der Waals surface area contributed by atoms with Crippen molar-refractivity contribution in [3.63, 3.8) is 0 Å². The van der Waals surface area contributed by atoms with Crippen molar-refractivity contribution < 1.29 is 14.7 Å². The number of likely N-dealkylation sites (tertiary alicyclic amines) is 1. The SMILES string of the molecule is CCC(NC(=O)N1C[C@@H](C)[C@H](C(=O)O)C1)C(C)C. The first kappa shape index (κ1) is 14.8. The molecule has 0 aromatic heterocycles. The van der Waals surface area contributed by atoms with Gasteiger partial charge in [0.25, 0.3) is 0 Å². The molecule has 0 aliphatic carbocycles. The highest BCUT2D eigenvalue weighted by atomic mass is 16.4. The topological polar surface area (TPSA) is 69.6 Å². The molecule has 0 radical (unpaired) electrons. The Kier molecular flexibility index (Phi) is 4.99. The van der Waals surface area contributed by atoms with E-state index in [9.17, 15) is 9.59 Å². The van der Waals surface area contributed by atoms with Crippen LogP contribution >= 0.6 is 0 Å². The molecule has 1 saturated heterocycles. The molecule has 0 spiro atoms. The molecular weight excluding hydrogens is 232 g/mol. The molecular formula is C13H24N2O3. The largest absolute Gasteiger partial charge is 0.481 e. The van der Waals surface area contributed by atoms with E-state index in [4.69, 9.17) is 5.11 Å². The van der Waals surface area contributed by atoms with E-state index < -0.39 is 11.9 Å². The summed E-state index contributed by atoms with van der Waals surface area (Å²) in [5.74, 6) is -0.842. The summed E-state index contributed by atoms with van der Waals surface area (Å²) in [5, 5.41) is 12.0. The number of hydrogen-bond donors (Lipinski definition) is 2. The molecule has 1 rings (SSSR count). The summed E-state index contributed by atoms with van der Waals surface area (Å²) in [4.78, 5) is 24.7. The summed E-state index contributed by atoms with van der Waals surface area (Å²) in [6.07, 6.45) is 0.884. The highest BCUT2D eigenvalue weighted by molar-refractivity contribution is 5.77. The molecule has 5 nitrogen and oxygen atoms in total. The Labute approximate surface area is 109 Å². The number of urea groups is 1. The van der Waals surface area contributed by atoms with Gasteiger partial charge in [0.1, 0.15) is 0 Å². The van der Waals surface area contributed by atoms with Crippen molar-refractivity contribution in [3.8, 4) is 0 Å². The Morgan fingerprint density at radius 2 is 2.00 bits per heavy atom. The van der Waals surface area contributed by atoms with Crippen molar-refractivity contribution in [2.75, 3.05) is 13.1 Å². The van der Waals surface area contributed by atoms with Gasteiger partial charge in [-0.1, -0.05) is 27.7 Å². The molecule has 2 N–H and O–H groups in total. The third-order valence-electron chi connectivity index (χ3n) is 3.77. The lowest BCUT2D eigenvalue weighted by molar-refractivity contribution is -0.142. The average Bonchev–Trinajstić information content (AvgIpc) is 2.67. The van der Waals surface area contributed by atoms with Crippen LogP contribution in [0.5, 0.6) is 0 Å². The fourth-order valence-corrected chi connectivity index (χ4v) is 2.44. The minimum absolute atomic E-state index is 0.0207. The second kappa shape index (κ2) is 6.07. The van der Waals surface area contributed by atoms with Gasteiger partial charge in [0.2, 0.25) is 0 Å². The van der Waals surface area contributed by atoms with Gasteiger partial charge in [-0.25, -0.2) is 4.79 Å².